The van der Waals surface area contributed by atoms with E-state index in [1.807, 2.05) is 42.5 Å². The van der Waals surface area contributed by atoms with Crippen molar-refractivity contribution in [3.05, 3.63) is 81.9 Å². The fourth-order valence-electron chi connectivity index (χ4n) is 3.00. The molecule has 0 radical (unpaired) electrons. The van der Waals surface area contributed by atoms with E-state index in [9.17, 15) is 15.2 Å². The molecule has 3 aromatic carbocycles. The lowest BCUT2D eigenvalue weighted by Gasteiger charge is -2.18. The third-order valence-corrected chi connectivity index (χ3v) is 4.13. The maximum absolute atomic E-state index is 11.2. The second-order valence-corrected chi connectivity index (χ2v) is 5.56. The van der Waals surface area contributed by atoms with Crippen LogP contribution in [-0.2, 0) is 0 Å². The minimum Gasteiger partial charge on any atom is -0.508 e. The van der Waals surface area contributed by atoms with E-state index in [0.717, 1.165) is 16.3 Å². The van der Waals surface area contributed by atoms with Crippen molar-refractivity contribution in [3.63, 3.8) is 0 Å². The molecular formula is C19H17NO4. The van der Waals surface area contributed by atoms with Crippen LogP contribution < -0.4 is 4.74 Å². The Kier molecular flexibility index (Phi) is 4.33. The number of aromatic hydroxyl groups is 1. The van der Waals surface area contributed by atoms with Gasteiger partial charge in [0.25, 0.3) is 0 Å². The van der Waals surface area contributed by atoms with Gasteiger partial charge >= 0.3 is 0 Å². The Balaban J connectivity index is 2.26. The van der Waals surface area contributed by atoms with Crippen molar-refractivity contribution in [2.24, 2.45) is 0 Å². The van der Waals surface area contributed by atoms with Crippen molar-refractivity contribution in [3.8, 4) is 11.5 Å². The highest BCUT2D eigenvalue weighted by atomic mass is 16.6. The van der Waals surface area contributed by atoms with E-state index >= 15 is 0 Å². The summed E-state index contributed by atoms with van der Waals surface area (Å²) >= 11 is 0. The molecule has 5 heteroatoms. The number of fused-ring (bicyclic) bond motifs is 1. The van der Waals surface area contributed by atoms with E-state index in [1.165, 1.54) is 0 Å². The molecule has 0 aliphatic carbocycles. The molecule has 0 saturated heterocycles. The molecule has 5 nitrogen and oxygen atoms in total. The lowest BCUT2D eigenvalue weighted by molar-refractivity contribution is -0.481. The molecule has 0 aliphatic heterocycles. The van der Waals surface area contributed by atoms with Gasteiger partial charge in [-0.3, -0.25) is 10.1 Å². The molecule has 24 heavy (non-hydrogen) atoms. The Morgan fingerprint density at radius 3 is 2.50 bits per heavy atom. The summed E-state index contributed by atoms with van der Waals surface area (Å²) in [6.45, 7) is -0.298. The largest absolute Gasteiger partial charge is 0.508 e. The fourth-order valence-corrected chi connectivity index (χ4v) is 3.00. The second-order valence-electron chi connectivity index (χ2n) is 5.56. The highest BCUT2D eigenvalue weighted by molar-refractivity contribution is 5.90. The van der Waals surface area contributed by atoms with Crippen LogP contribution >= 0.6 is 0 Å². The Hall–Kier alpha value is -3.08. The maximum atomic E-state index is 11.2. The molecule has 0 saturated carbocycles. The molecule has 1 atom stereocenters. The van der Waals surface area contributed by atoms with Crippen LogP contribution in [0.2, 0.25) is 0 Å². The lowest BCUT2D eigenvalue weighted by atomic mass is 9.87. The van der Waals surface area contributed by atoms with Gasteiger partial charge in [-0.1, -0.05) is 42.5 Å². The molecular weight excluding hydrogens is 306 g/mol. The average Bonchev–Trinajstić information content (AvgIpc) is 2.60. The van der Waals surface area contributed by atoms with Gasteiger partial charge in [-0.2, -0.15) is 0 Å². The van der Waals surface area contributed by atoms with Gasteiger partial charge in [0.2, 0.25) is 6.54 Å². The summed E-state index contributed by atoms with van der Waals surface area (Å²) in [6.07, 6.45) is 0. The molecule has 1 N–H and O–H groups in total. The lowest BCUT2D eigenvalue weighted by Crippen LogP contribution is -2.14. The van der Waals surface area contributed by atoms with Gasteiger partial charge in [-0.05, 0) is 34.5 Å². The monoisotopic (exact) mass is 323 g/mol. The van der Waals surface area contributed by atoms with Crippen molar-refractivity contribution in [1.82, 2.24) is 0 Å². The van der Waals surface area contributed by atoms with Crippen LogP contribution in [0.25, 0.3) is 10.8 Å². The molecule has 0 aliphatic rings. The normalized spacial score (nSPS) is 12.0. The number of nitrogens with zero attached hydrogens (tertiary/aromatic N) is 1. The van der Waals surface area contributed by atoms with Crippen molar-refractivity contribution < 1.29 is 14.8 Å². The van der Waals surface area contributed by atoms with Crippen LogP contribution in [0.4, 0.5) is 0 Å². The van der Waals surface area contributed by atoms with Gasteiger partial charge < -0.3 is 9.84 Å². The van der Waals surface area contributed by atoms with Gasteiger partial charge in [0, 0.05) is 10.5 Å². The number of rotatable bonds is 5. The van der Waals surface area contributed by atoms with Crippen LogP contribution in [-0.4, -0.2) is 23.7 Å². The van der Waals surface area contributed by atoms with Gasteiger partial charge in [-0.25, -0.2) is 0 Å². The van der Waals surface area contributed by atoms with E-state index in [1.54, 1.807) is 25.3 Å². The number of hydrogen-bond acceptors (Lipinski definition) is 4. The summed E-state index contributed by atoms with van der Waals surface area (Å²) in [6, 6.07) is 18.1. The minimum absolute atomic E-state index is 0.0476. The number of phenolic OH excluding ortho intramolecular Hbond substituents is 1. The number of phenols is 1. The van der Waals surface area contributed by atoms with Gasteiger partial charge in [-0.15, -0.1) is 0 Å². The van der Waals surface area contributed by atoms with Crippen molar-refractivity contribution >= 4 is 10.8 Å². The predicted octanol–water partition coefficient (Wildman–Crippen LogP) is 3.96. The summed E-state index contributed by atoms with van der Waals surface area (Å²) in [5, 5.41) is 23.3. The summed E-state index contributed by atoms with van der Waals surface area (Å²) in [5.74, 6) is 0.144. The standard InChI is InChI=1S/C19H17NO4/c1-24-15-9-7-14-8-10-18(21)19(16(14)11-15)17(12-20(22)23)13-5-3-2-4-6-13/h2-11,17,21H,12H2,1H3/t17-/m0/s1. The molecule has 0 amide bonds. The number of nitro groups is 1. The molecule has 0 fully saturated rings. The zero-order valence-corrected chi connectivity index (χ0v) is 13.2. The van der Waals surface area contributed by atoms with Crippen molar-refractivity contribution in [2.45, 2.75) is 5.92 Å². The Labute approximate surface area is 139 Å². The molecule has 3 aromatic rings. The second kappa shape index (κ2) is 6.58. The minimum atomic E-state index is -0.544. The van der Waals surface area contributed by atoms with E-state index in [-0.39, 0.29) is 17.2 Å². The Morgan fingerprint density at radius 2 is 1.83 bits per heavy atom. The summed E-state index contributed by atoms with van der Waals surface area (Å²) in [5.41, 5.74) is 1.34. The first-order valence-corrected chi connectivity index (χ1v) is 7.56. The van der Waals surface area contributed by atoms with Crippen LogP contribution in [0.5, 0.6) is 11.5 Å². The maximum Gasteiger partial charge on any atom is 0.214 e. The van der Waals surface area contributed by atoms with E-state index < -0.39 is 5.92 Å². The molecule has 122 valence electrons. The molecule has 0 spiro atoms. The molecule has 0 bridgehead atoms. The number of benzene rings is 3. The number of hydrogen-bond donors (Lipinski definition) is 1. The van der Waals surface area contributed by atoms with Crippen molar-refractivity contribution in [1.29, 1.82) is 0 Å². The number of methoxy groups -OCH3 is 1. The van der Waals surface area contributed by atoms with Gasteiger partial charge in [0.1, 0.15) is 11.5 Å². The number of ether oxygens (including phenoxy) is 1. The molecule has 0 heterocycles. The zero-order valence-electron chi connectivity index (χ0n) is 13.2. The van der Waals surface area contributed by atoms with Crippen molar-refractivity contribution in [2.75, 3.05) is 13.7 Å². The fraction of sp³-hybridized carbons (Fsp3) is 0.158. The molecule has 0 unspecified atom stereocenters. The molecule has 0 aromatic heterocycles. The van der Waals surface area contributed by atoms with Crippen LogP contribution in [0.15, 0.2) is 60.7 Å². The zero-order chi connectivity index (χ0) is 17.1. The van der Waals surface area contributed by atoms with E-state index in [4.69, 9.17) is 4.74 Å². The van der Waals surface area contributed by atoms with Crippen LogP contribution in [0.3, 0.4) is 0 Å². The summed E-state index contributed by atoms with van der Waals surface area (Å²) < 4.78 is 5.27. The first-order valence-electron chi connectivity index (χ1n) is 7.56. The van der Waals surface area contributed by atoms with E-state index in [2.05, 4.69) is 0 Å². The Morgan fingerprint density at radius 1 is 1.12 bits per heavy atom. The third kappa shape index (κ3) is 3.01. The van der Waals surface area contributed by atoms with Gasteiger partial charge in [0.15, 0.2) is 0 Å². The van der Waals surface area contributed by atoms with Gasteiger partial charge in [0.05, 0.1) is 13.0 Å². The highest BCUT2D eigenvalue weighted by Crippen LogP contribution is 2.38. The third-order valence-electron chi connectivity index (χ3n) is 4.13. The smallest absolute Gasteiger partial charge is 0.214 e. The SMILES string of the molecule is COc1ccc2ccc(O)c([C@@H](C[N+](=O)[O-])c3ccccc3)c2c1. The quantitative estimate of drug-likeness (QED) is 0.570. The van der Waals surface area contributed by atoms with Crippen LogP contribution in [0.1, 0.15) is 17.0 Å². The predicted molar refractivity (Wildman–Crippen MR) is 92.3 cm³/mol. The first kappa shape index (κ1) is 15.8. The average molecular weight is 323 g/mol. The summed E-state index contributed by atoms with van der Waals surface area (Å²) in [7, 11) is 1.56. The van der Waals surface area contributed by atoms with Crippen LogP contribution in [0, 0.1) is 10.1 Å². The summed E-state index contributed by atoms with van der Waals surface area (Å²) in [4.78, 5) is 10.9. The topological polar surface area (TPSA) is 72.6 Å². The Bertz CT molecular complexity index is 877. The van der Waals surface area contributed by atoms with E-state index in [0.29, 0.717) is 11.3 Å². The highest BCUT2D eigenvalue weighted by Gasteiger charge is 2.25. The molecule has 3 rings (SSSR count). The first-order chi connectivity index (χ1) is 11.6.